The fourth-order valence-electron chi connectivity index (χ4n) is 1.42. The van der Waals surface area contributed by atoms with Crippen molar-refractivity contribution in [1.29, 1.82) is 0 Å². The first-order chi connectivity index (χ1) is 8.92. The van der Waals surface area contributed by atoms with Crippen LogP contribution in [0.5, 0.6) is 0 Å². The molecule has 0 atom stereocenters. The van der Waals surface area contributed by atoms with E-state index in [0.717, 1.165) is 21.4 Å². The van der Waals surface area contributed by atoms with Gasteiger partial charge in [-0.2, -0.15) is 8.75 Å². The van der Waals surface area contributed by atoms with Crippen LogP contribution < -0.4 is 5.32 Å². The lowest BCUT2D eigenvalue weighted by atomic mass is 10.2. The molecule has 90 valence electrons. The Morgan fingerprint density at radius 2 is 2.00 bits per heavy atom. The largest absolute Gasteiger partial charge is 0.354 e. The molecule has 0 radical (unpaired) electrons. The summed E-state index contributed by atoms with van der Waals surface area (Å²) in [6, 6.07) is 10.0. The molecule has 3 aromatic rings. The van der Waals surface area contributed by atoms with E-state index < -0.39 is 0 Å². The van der Waals surface area contributed by atoms with E-state index in [9.17, 15) is 0 Å². The highest BCUT2D eigenvalue weighted by Gasteiger charge is 2.06. The number of anilines is 1. The first kappa shape index (κ1) is 11.2. The summed E-state index contributed by atoms with van der Waals surface area (Å²) in [6.07, 6.45) is 1.75. The molecule has 0 bridgehead atoms. The van der Waals surface area contributed by atoms with Gasteiger partial charge >= 0.3 is 0 Å². The summed E-state index contributed by atoms with van der Waals surface area (Å²) in [7, 11) is 0. The lowest BCUT2D eigenvalue weighted by molar-refractivity contribution is 1.03. The minimum atomic E-state index is 0.625. The number of rotatable bonds is 4. The number of hydrogen-bond donors (Lipinski definition) is 1. The molecule has 0 spiro atoms. The monoisotopic (exact) mass is 275 g/mol. The van der Waals surface area contributed by atoms with Crippen LogP contribution >= 0.6 is 23.1 Å². The quantitative estimate of drug-likeness (QED) is 0.793. The van der Waals surface area contributed by atoms with Crippen LogP contribution in [0, 0.1) is 0 Å². The molecule has 7 heteroatoms. The molecule has 5 nitrogen and oxygen atoms in total. The second kappa shape index (κ2) is 5.19. The van der Waals surface area contributed by atoms with Gasteiger partial charge < -0.3 is 5.32 Å². The van der Waals surface area contributed by atoms with Gasteiger partial charge in [0, 0.05) is 5.56 Å². The minimum absolute atomic E-state index is 0.625. The molecule has 2 aromatic heterocycles. The third-order valence-corrected chi connectivity index (χ3v) is 3.72. The van der Waals surface area contributed by atoms with Crippen molar-refractivity contribution in [3.63, 3.8) is 0 Å². The highest BCUT2D eigenvalue weighted by molar-refractivity contribution is 7.18. The molecule has 0 aliphatic heterocycles. The highest BCUT2D eigenvalue weighted by Crippen LogP contribution is 2.25. The van der Waals surface area contributed by atoms with Gasteiger partial charge in [-0.15, -0.1) is 10.2 Å². The zero-order chi connectivity index (χ0) is 12.2. The lowest BCUT2D eigenvalue weighted by Gasteiger charge is -1.96. The second-order valence-electron chi connectivity index (χ2n) is 3.53. The van der Waals surface area contributed by atoms with Gasteiger partial charge in [0.15, 0.2) is 0 Å². The van der Waals surface area contributed by atoms with Gasteiger partial charge in [0.25, 0.3) is 0 Å². The molecular weight excluding hydrogens is 266 g/mol. The van der Waals surface area contributed by atoms with Crippen molar-refractivity contribution in [3.05, 3.63) is 42.2 Å². The molecule has 2 heterocycles. The van der Waals surface area contributed by atoms with E-state index in [2.05, 4.69) is 24.3 Å². The van der Waals surface area contributed by atoms with E-state index in [0.29, 0.717) is 6.54 Å². The van der Waals surface area contributed by atoms with Crippen LogP contribution in [0.2, 0.25) is 0 Å². The Kier molecular flexibility index (Phi) is 3.24. The van der Waals surface area contributed by atoms with Crippen LogP contribution in [0.1, 0.15) is 5.69 Å². The van der Waals surface area contributed by atoms with Crippen molar-refractivity contribution in [3.8, 4) is 10.6 Å². The maximum atomic E-state index is 4.16. The van der Waals surface area contributed by atoms with Gasteiger partial charge in [-0.1, -0.05) is 41.7 Å². The maximum Gasteiger partial charge on any atom is 0.206 e. The van der Waals surface area contributed by atoms with Crippen LogP contribution in [0.4, 0.5) is 5.13 Å². The third-order valence-electron chi connectivity index (χ3n) is 2.27. The van der Waals surface area contributed by atoms with Gasteiger partial charge in [-0.05, 0) is 0 Å². The van der Waals surface area contributed by atoms with Crippen molar-refractivity contribution < 1.29 is 0 Å². The Hall–Kier alpha value is -1.86. The summed E-state index contributed by atoms with van der Waals surface area (Å²) in [4.78, 5) is 0. The molecule has 0 saturated carbocycles. The average Bonchev–Trinajstić information content (AvgIpc) is 3.09. The van der Waals surface area contributed by atoms with Gasteiger partial charge in [-0.25, -0.2) is 0 Å². The smallest absolute Gasteiger partial charge is 0.206 e. The predicted molar refractivity (Wildman–Crippen MR) is 72.6 cm³/mol. The van der Waals surface area contributed by atoms with Crippen LogP contribution in [0.25, 0.3) is 10.6 Å². The van der Waals surface area contributed by atoms with Crippen molar-refractivity contribution in [1.82, 2.24) is 18.9 Å². The molecule has 18 heavy (non-hydrogen) atoms. The maximum absolute atomic E-state index is 4.16. The van der Waals surface area contributed by atoms with E-state index in [1.807, 2.05) is 30.3 Å². The first-order valence-electron chi connectivity index (χ1n) is 5.31. The van der Waals surface area contributed by atoms with Gasteiger partial charge in [0.05, 0.1) is 30.2 Å². The minimum Gasteiger partial charge on any atom is -0.354 e. The molecule has 0 aliphatic carbocycles. The Bertz CT molecular complexity index is 605. The predicted octanol–water partition coefficient (Wildman–Crippen LogP) is 2.67. The average molecular weight is 275 g/mol. The fourth-order valence-corrected chi connectivity index (χ4v) is 2.60. The van der Waals surface area contributed by atoms with Crippen LogP contribution in [0.3, 0.4) is 0 Å². The van der Waals surface area contributed by atoms with Crippen LogP contribution in [-0.2, 0) is 6.54 Å². The van der Waals surface area contributed by atoms with E-state index in [4.69, 9.17) is 0 Å². The number of hydrogen-bond acceptors (Lipinski definition) is 7. The Labute approximate surface area is 112 Å². The van der Waals surface area contributed by atoms with Crippen LogP contribution in [0.15, 0.2) is 36.5 Å². The van der Waals surface area contributed by atoms with Gasteiger partial charge in [0.2, 0.25) is 5.13 Å². The molecule has 0 aliphatic rings. The Morgan fingerprint density at radius 3 is 2.78 bits per heavy atom. The van der Waals surface area contributed by atoms with E-state index in [1.54, 1.807) is 6.20 Å². The SMILES string of the molecule is c1ccc(-c2nnc(NCc3cnsn3)s2)cc1. The van der Waals surface area contributed by atoms with Crippen LogP contribution in [-0.4, -0.2) is 18.9 Å². The summed E-state index contributed by atoms with van der Waals surface area (Å²) >= 11 is 2.73. The van der Waals surface area contributed by atoms with Crippen molar-refractivity contribution >= 4 is 28.2 Å². The Morgan fingerprint density at radius 1 is 1.11 bits per heavy atom. The molecule has 3 rings (SSSR count). The summed E-state index contributed by atoms with van der Waals surface area (Å²) in [5.41, 5.74) is 2.00. The van der Waals surface area contributed by atoms with E-state index in [1.165, 1.54) is 23.1 Å². The number of aromatic nitrogens is 4. The summed E-state index contributed by atoms with van der Waals surface area (Å²) in [5, 5.41) is 13.2. The molecule has 0 unspecified atom stereocenters. The number of nitrogens with zero attached hydrogens (tertiary/aromatic N) is 4. The van der Waals surface area contributed by atoms with Gasteiger partial charge in [0.1, 0.15) is 5.01 Å². The molecule has 0 saturated heterocycles. The third kappa shape index (κ3) is 2.52. The normalized spacial score (nSPS) is 10.4. The standard InChI is InChI=1S/C11H9N5S2/c1-2-4-8(5-3-1)10-14-15-11(17-10)12-6-9-7-13-18-16-9/h1-5,7H,6H2,(H,12,15). The summed E-state index contributed by atoms with van der Waals surface area (Å²) in [5.74, 6) is 0. The molecule has 0 fully saturated rings. The number of benzene rings is 1. The van der Waals surface area contributed by atoms with Gasteiger partial charge in [-0.3, -0.25) is 0 Å². The second-order valence-corrected chi connectivity index (χ2v) is 5.06. The summed E-state index contributed by atoms with van der Waals surface area (Å²) in [6.45, 7) is 0.625. The topological polar surface area (TPSA) is 63.6 Å². The van der Waals surface area contributed by atoms with E-state index >= 15 is 0 Å². The van der Waals surface area contributed by atoms with Crippen molar-refractivity contribution in [2.45, 2.75) is 6.54 Å². The van der Waals surface area contributed by atoms with E-state index in [-0.39, 0.29) is 0 Å². The van der Waals surface area contributed by atoms with Crippen molar-refractivity contribution in [2.24, 2.45) is 0 Å². The molecule has 1 N–H and O–H groups in total. The zero-order valence-electron chi connectivity index (χ0n) is 9.28. The molecular formula is C11H9N5S2. The fraction of sp³-hybridized carbons (Fsp3) is 0.0909. The first-order valence-corrected chi connectivity index (χ1v) is 6.86. The lowest BCUT2D eigenvalue weighted by Crippen LogP contribution is -1.98. The highest BCUT2D eigenvalue weighted by atomic mass is 32.1. The molecule has 1 aromatic carbocycles. The molecule has 0 amide bonds. The zero-order valence-corrected chi connectivity index (χ0v) is 10.9. The Balaban J connectivity index is 1.70. The summed E-state index contributed by atoms with van der Waals surface area (Å²) < 4.78 is 8.07. The number of nitrogens with one attached hydrogen (secondary N) is 1. The van der Waals surface area contributed by atoms with Crippen molar-refractivity contribution in [2.75, 3.05) is 5.32 Å².